The van der Waals surface area contributed by atoms with Crippen LogP contribution >= 0.6 is 11.3 Å². The van der Waals surface area contributed by atoms with E-state index >= 15 is 0 Å². The Hall–Kier alpha value is -0.710. The monoisotopic (exact) mass is 238 g/mol. The largest absolute Gasteiger partial charge is 0.304 e. The summed E-state index contributed by atoms with van der Waals surface area (Å²) in [5.74, 6) is 0.266. The van der Waals surface area contributed by atoms with Crippen LogP contribution < -0.4 is 0 Å². The van der Waals surface area contributed by atoms with Crippen molar-refractivity contribution in [2.75, 3.05) is 39.8 Å². The molecule has 0 atom stereocenters. The lowest BCUT2D eigenvalue weighted by Gasteiger charge is -2.31. The molecule has 0 bridgehead atoms. The highest BCUT2D eigenvalue weighted by Gasteiger charge is 2.17. The van der Waals surface area contributed by atoms with E-state index < -0.39 is 0 Å². The summed E-state index contributed by atoms with van der Waals surface area (Å²) in [7, 11) is 2.13. The maximum absolute atomic E-state index is 12.0. The highest BCUT2D eigenvalue weighted by molar-refractivity contribution is 7.12. The van der Waals surface area contributed by atoms with Crippen molar-refractivity contribution >= 4 is 17.1 Å². The van der Waals surface area contributed by atoms with Crippen LogP contribution in [0.2, 0.25) is 0 Å². The van der Waals surface area contributed by atoms with Gasteiger partial charge in [-0.05, 0) is 31.0 Å². The van der Waals surface area contributed by atoms with E-state index in [-0.39, 0.29) is 5.78 Å². The Bertz CT molecular complexity index is 367. The third-order valence-electron chi connectivity index (χ3n) is 2.97. The molecular weight excluding hydrogens is 220 g/mol. The standard InChI is InChI=1S/C12H18N2OS/c1-10-7-12(16-9-10)11(15)8-14-5-3-13(2)4-6-14/h7,9H,3-6,8H2,1-2H3. The van der Waals surface area contributed by atoms with Gasteiger partial charge in [0, 0.05) is 26.2 Å². The van der Waals surface area contributed by atoms with Crippen molar-refractivity contribution in [2.24, 2.45) is 0 Å². The number of rotatable bonds is 3. The van der Waals surface area contributed by atoms with Crippen LogP contribution in [0.15, 0.2) is 11.4 Å². The number of carbonyl (C=O) groups is 1. The van der Waals surface area contributed by atoms with Crippen LogP contribution in [0.25, 0.3) is 0 Å². The van der Waals surface area contributed by atoms with E-state index in [0.717, 1.165) is 31.1 Å². The summed E-state index contributed by atoms with van der Waals surface area (Å²) in [5, 5.41) is 2.04. The van der Waals surface area contributed by atoms with Crippen molar-refractivity contribution in [3.63, 3.8) is 0 Å². The lowest BCUT2D eigenvalue weighted by atomic mass is 10.2. The Labute approximate surface area is 101 Å². The predicted molar refractivity (Wildman–Crippen MR) is 67.3 cm³/mol. The number of aryl methyl sites for hydroxylation is 1. The summed E-state index contributed by atoms with van der Waals surface area (Å²) in [5.41, 5.74) is 1.19. The summed E-state index contributed by atoms with van der Waals surface area (Å²) in [6.07, 6.45) is 0. The van der Waals surface area contributed by atoms with Crippen molar-refractivity contribution in [1.29, 1.82) is 0 Å². The first-order chi connectivity index (χ1) is 7.65. The number of Topliss-reactive ketones (excluding diaryl/α,β-unsaturated/α-hetero) is 1. The first kappa shape index (κ1) is 11.8. The molecule has 2 rings (SSSR count). The normalized spacial score (nSPS) is 18.9. The third-order valence-corrected chi connectivity index (χ3v) is 4.06. The van der Waals surface area contributed by atoms with Gasteiger partial charge >= 0.3 is 0 Å². The molecule has 1 fully saturated rings. The van der Waals surface area contributed by atoms with Crippen LogP contribution in [0, 0.1) is 6.92 Å². The SMILES string of the molecule is Cc1csc(C(=O)CN2CCN(C)CC2)c1. The highest BCUT2D eigenvalue weighted by atomic mass is 32.1. The Morgan fingerprint density at radius 3 is 2.62 bits per heavy atom. The van der Waals surface area contributed by atoms with Crippen LogP contribution in [0.4, 0.5) is 0 Å². The fraction of sp³-hybridized carbons (Fsp3) is 0.583. The van der Waals surface area contributed by atoms with Gasteiger partial charge in [0.2, 0.25) is 0 Å². The molecule has 88 valence electrons. The summed E-state index contributed by atoms with van der Waals surface area (Å²) in [4.78, 5) is 17.4. The fourth-order valence-corrected chi connectivity index (χ4v) is 2.70. The Morgan fingerprint density at radius 1 is 1.38 bits per heavy atom. The molecule has 1 aliphatic rings. The van der Waals surface area contributed by atoms with Crippen molar-refractivity contribution in [2.45, 2.75) is 6.92 Å². The minimum Gasteiger partial charge on any atom is -0.304 e. The molecule has 0 saturated carbocycles. The van der Waals surface area contributed by atoms with Crippen LogP contribution in [0.5, 0.6) is 0 Å². The first-order valence-electron chi connectivity index (χ1n) is 5.64. The number of likely N-dealkylation sites (N-methyl/N-ethyl adjacent to an activating group) is 1. The van der Waals surface area contributed by atoms with Crippen LogP contribution in [0.1, 0.15) is 15.2 Å². The van der Waals surface area contributed by atoms with Gasteiger partial charge in [0.1, 0.15) is 0 Å². The smallest absolute Gasteiger partial charge is 0.186 e. The fourth-order valence-electron chi connectivity index (χ4n) is 1.86. The number of hydrogen-bond acceptors (Lipinski definition) is 4. The Balaban J connectivity index is 1.88. The van der Waals surface area contributed by atoms with E-state index in [2.05, 4.69) is 16.8 Å². The van der Waals surface area contributed by atoms with Crippen molar-refractivity contribution < 1.29 is 4.79 Å². The number of hydrogen-bond donors (Lipinski definition) is 0. The molecule has 0 amide bonds. The average molecular weight is 238 g/mol. The number of ketones is 1. The summed E-state index contributed by atoms with van der Waals surface area (Å²) >= 11 is 1.56. The molecule has 0 aliphatic carbocycles. The van der Waals surface area contributed by atoms with Crippen LogP contribution in [-0.2, 0) is 0 Å². The minimum absolute atomic E-state index is 0.266. The van der Waals surface area contributed by atoms with Crippen molar-refractivity contribution in [1.82, 2.24) is 9.80 Å². The second-order valence-electron chi connectivity index (χ2n) is 4.49. The van der Waals surface area contributed by atoms with Gasteiger partial charge in [-0.2, -0.15) is 0 Å². The van der Waals surface area contributed by atoms with Gasteiger partial charge in [-0.25, -0.2) is 0 Å². The molecule has 3 nitrogen and oxygen atoms in total. The summed E-state index contributed by atoms with van der Waals surface area (Å²) < 4.78 is 0. The molecule has 1 aromatic rings. The molecule has 2 heterocycles. The van der Waals surface area contributed by atoms with E-state index in [4.69, 9.17) is 0 Å². The van der Waals surface area contributed by atoms with E-state index in [9.17, 15) is 4.79 Å². The average Bonchev–Trinajstić information content (AvgIpc) is 2.68. The van der Waals surface area contributed by atoms with Crippen LogP contribution in [0.3, 0.4) is 0 Å². The summed E-state index contributed by atoms with van der Waals surface area (Å²) in [6.45, 7) is 6.75. The summed E-state index contributed by atoms with van der Waals surface area (Å²) in [6, 6.07) is 1.99. The molecule has 0 radical (unpaired) electrons. The molecule has 0 unspecified atom stereocenters. The minimum atomic E-state index is 0.266. The van der Waals surface area contributed by atoms with Gasteiger partial charge < -0.3 is 4.90 Å². The lowest BCUT2D eigenvalue weighted by Crippen LogP contribution is -2.46. The highest BCUT2D eigenvalue weighted by Crippen LogP contribution is 2.15. The molecular formula is C12H18N2OS. The zero-order valence-corrected chi connectivity index (χ0v) is 10.7. The Morgan fingerprint density at radius 2 is 2.06 bits per heavy atom. The van der Waals surface area contributed by atoms with E-state index in [1.54, 1.807) is 11.3 Å². The molecule has 4 heteroatoms. The van der Waals surface area contributed by atoms with Gasteiger partial charge in [0.25, 0.3) is 0 Å². The zero-order chi connectivity index (χ0) is 11.5. The quantitative estimate of drug-likeness (QED) is 0.745. The third kappa shape index (κ3) is 2.90. The molecule has 1 aliphatic heterocycles. The second kappa shape index (κ2) is 5.08. The van der Waals surface area contributed by atoms with Gasteiger partial charge in [0.15, 0.2) is 5.78 Å². The zero-order valence-electron chi connectivity index (χ0n) is 9.90. The van der Waals surface area contributed by atoms with Gasteiger partial charge in [-0.15, -0.1) is 11.3 Å². The first-order valence-corrected chi connectivity index (χ1v) is 6.52. The van der Waals surface area contributed by atoms with Gasteiger partial charge in [0.05, 0.1) is 11.4 Å². The molecule has 0 aromatic carbocycles. The number of piperazine rings is 1. The van der Waals surface area contributed by atoms with Gasteiger partial charge in [-0.3, -0.25) is 9.69 Å². The predicted octanol–water partition coefficient (Wildman–Crippen LogP) is 1.49. The topological polar surface area (TPSA) is 23.6 Å². The lowest BCUT2D eigenvalue weighted by molar-refractivity contribution is 0.0880. The van der Waals surface area contributed by atoms with Crippen molar-refractivity contribution in [3.8, 4) is 0 Å². The van der Waals surface area contributed by atoms with E-state index in [1.165, 1.54) is 5.56 Å². The molecule has 16 heavy (non-hydrogen) atoms. The number of nitrogens with zero attached hydrogens (tertiary/aromatic N) is 2. The second-order valence-corrected chi connectivity index (χ2v) is 5.40. The number of thiophene rings is 1. The van der Waals surface area contributed by atoms with E-state index in [1.807, 2.05) is 18.4 Å². The van der Waals surface area contributed by atoms with E-state index in [0.29, 0.717) is 6.54 Å². The van der Waals surface area contributed by atoms with Crippen molar-refractivity contribution in [3.05, 3.63) is 21.9 Å². The molecule has 0 spiro atoms. The maximum atomic E-state index is 12.0. The Kier molecular flexibility index (Phi) is 3.74. The molecule has 0 N–H and O–H groups in total. The maximum Gasteiger partial charge on any atom is 0.186 e. The number of carbonyl (C=O) groups excluding carboxylic acids is 1. The molecule has 1 saturated heterocycles. The molecule has 1 aromatic heterocycles. The van der Waals surface area contributed by atoms with Gasteiger partial charge in [-0.1, -0.05) is 0 Å². The van der Waals surface area contributed by atoms with Crippen LogP contribution in [-0.4, -0.2) is 55.4 Å².